The molecule has 0 unspecified atom stereocenters. The maximum absolute atomic E-state index is 12.5. The highest BCUT2D eigenvalue weighted by molar-refractivity contribution is 6.30. The van der Waals surface area contributed by atoms with Crippen molar-refractivity contribution in [2.24, 2.45) is 0 Å². The lowest BCUT2D eigenvalue weighted by molar-refractivity contribution is 0.262. The number of H-pyrrole nitrogens is 1. The summed E-state index contributed by atoms with van der Waals surface area (Å²) in [5.41, 5.74) is 9.75. The van der Waals surface area contributed by atoms with E-state index in [0.29, 0.717) is 27.8 Å². The predicted octanol–water partition coefficient (Wildman–Crippen LogP) is 5.71. The van der Waals surface area contributed by atoms with Crippen molar-refractivity contribution in [3.8, 4) is 22.6 Å². The molecule has 0 saturated heterocycles. The summed E-state index contributed by atoms with van der Waals surface area (Å²) in [5.74, 6) is 0.989. The molecule has 0 spiro atoms. The van der Waals surface area contributed by atoms with Crippen molar-refractivity contribution in [1.29, 1.82) is 0 Å². The first-order chi connectivity index (χ1) is 15.7. The number of imidazole rings is 1. The van der Waals surface area contributed by atoms with Crippen LogP contribution in [0, 0.1) is 0 Å². The van der Waals surface area contributed by atoms with Gasteiger partial charge in [0.2, 0.25) is 5.95 Å². The number of carbonyl (C=O) groups excluding carboxylic acids is 1. The minimum Gasteiger partial charge on any atom is -0.368 e. The van der Waals surface area contributed by atoms with Gasteiger partial charge in [0, 0.05) is 33.6 Å². The molecule has 4 rings (SSSR count). The van der Waals surface area contributed by atoms with Gasteiger partial charge in [0.25, 0.3) is 0 Å². The van der Waals surface area contributed by atoms with Gasteiger partial charge in [-0.3, -0.25) is 0 Å². The number of nitrogens with two attached hydrogens (primary N) is 1. The molecule has 0 fully saturated rings. The Morgan fingerprint density at radius 1 is 1.00 bits per heavy atom. The molecule has 33 heavy (non-hydrogen) atoms. The second-order valence-corrected chi connectivity index (χ2v) is 8.96. The third kappa shape index (κ3) is 5.30. The van der Waals surface area contributed by atoms with Crippen molar-refractivity contribution in [1.82, 2.24) is 19.9 Å². The summed E-state index contributed by atoms with van der Waals surface area (Å²) in [6.07, 6.45) is 1.61. The van der Waals surface area contributed by atoms with Crippen LogP contribution in [0.3, 0.4) is 0 Å². The van der Waals surface area contributed by atoms with E-state index in [-0.39, 0.29) is 17.4 Å². The molecule has 0 atom stereocenters. The Bertz CT molecular complexity index is 1290. The third-order valence-electron chi connectivity index (χ3n) is 4.84. The summed E-state index contributed by atoms with van der Waals surface area (Å²) >= 11 is 5.90. The number of nitrogen functional groups attached to an aromatic ring is 1. The van der Waals surface area contributed by atoms with E-state index in [1.54, 1.807) is 36.5 Å². The quantitative estimate of drug-likeness (QED) is 0.310. The SMILES string of the molecule is CC(C)(C)c1nc(-c2cccc(NC(=O)Nc3ccc(Cl)cc3)c2)c(-c2ccnc(N)n2)[nH]1. The average molecular weight is 462 g/mol. The predicted molar refractivity (Wildman–Crippen MR) is 132 cm³/mol. The molecule has 5 N–H and O–H groups in total. The van der Waals surface area contributed by atoms with E-state index in [1.807, 2.05) is 24.3 Å². The van der Waals surface area contributed by atoms with Crippen LogP contribution in [-0.2, 0) is 5.41 Å². The topological polar surface area (TPSA) is 122 Å². The lowest BCUT2D eigenvalue weighted by Gasteiger charge is -2.14. The van der Waals surface area contributed by atoms with E-state index in [4.69, 9.17) is 22.3 Å². The number of anilines is 3. The highest BCUT2D eigenvalue weighted by Crippen LogP contribution is 2.33. The fourth-order valence-corrected chi connectivity index (χ4v) is 3.33. The number of halogens is 1. The van der Waals surface area contributed by atoms with E-state index < -0.39 is 0 Å². The molecule has 0 radical (unpaired) electrons. The van der Waals surface area contributed by atoms with Gasteiger partial charge in [-0.05, 0) is 42.5 Å². The number of urea groups is 1. The normalized spacial score (nSPS) is 11.3. The van der Waals surface area contributed by atoms with Crippen molar-refractivity contribution in [2.45, 2.75) is 26.2 Å². The van der Waals surface area contributed by atoms with Crippen molar-refractivity contribution in [2.75, 3.05) is 16.4 Å². The second kappa shape index (κ2) is 8.91. The first kappa shape index (κ1) is 22.3. The zero-order chi connectivity index (χ0) is 23.6. The zero-order valence-electron chi connectivity index (χ0n) is 18.5. The Morgan fingerprint density at radius 2 is 1.73 bits per heavy atom. The Morgan fingerprint density at radius 3 is 2.42 bits per heavy atom. The van der Waals surface area contributed by atoms with Gasteiger partial charge in [-0.2, -0.15) is 0 Å². The van der Waals surface area contributed by atoms with Crippen molar-refractivity contribution >= 4 is 35.0 Å². The summed E-state index contributed by atoms with van der Waals surface area (Å²) < 4.78 is 0. The van der Waals surface area contributed by atoms with Gasteiger partial charge < -0.3 is 21.4 Å². The number of hydrogen-bond acceptors (Lipinski definition) is 5. The average Bonchev–Trinajstić information content (AvgIpc) is 3.22. The molecule has 2 aromatic heterocycles. The number of nitrogens with zero attached hydrogens (tertiary/aromatic N) is 3. The van der Waals surface area contributed by atoms with Crippen LogP contribution in [0.2, 0.25) is 5.02 Å². The molecule has 0 aliphatic rings. The van der Waals surface area contributed by atoms with E-state index in [0.717, 1.165) is 17.1 Å². The lowest BCUT2D eigenvalue weighted by Crippen LogP contribution is -2.19. The van der Waals surface area contributed by atoms with E-state index >= 15 is 0 Å². The van der Waals surface area contributed by atoms with Crippen LogP contribution in [0.25, 0.3) is 22.6 Å². The number of nitrogens with one attached hydrogen (secondary N) is 3. The highest BCUT2D eigenvalue weighted by Gasteiger charge is 2.23. The molecule has 8 nitrogen and oxygen atoms in total. The van der Waals surface area contributed by atoms with Gasteiger partial charge in [-0.1, -0.05) is 44.5 Å². The van der Waals surface area contributed by atoms with Crippen LogP contribution >= 0.6 is 11.6 Å². The van der Waals surface area contributed by atoms with Gasteiger partial charge >= 0.3 is 6.03 Å². The van der Waals surface area contributed by atoms with Gasteiger partial charge in [0.15, 0.2) is 0 Å². The Labute approximate surface area is 196 Å². The van der Waals surface area contributed by atoms with Crippen LogP contribution in [-0.4, -0.2) is 26.0 Å². The highest BCUT2D eigenvalue weighted by atomic mass is 35.5. The lowest BCUT2D eigenvalue weighted by atomic mass is 9.96. The van der Waals surface area contributed by atoms with Gasteiger partial charge in [0.1, 0.15) is 5.82 Å². The van der Waals surface area contributed by atoms with Crippen LogP contribution in [0.4, 0.5) is 22.1 Å². The molecule has 0 bridgehead atoms. The molecular formula is C24H24ClN7O. The largest absolute Gasteiger partial charge is 0.368 e. The number of hydrogen-bond donors (Lipinski definition) is 4. The molecular weight excluding hydrogens is 438 g/mol. The molecule has 9 heteroatoms. The zero-order valence-corrected chi connectivity index (χ0v) is 19.2. The van der Waals surface area contributed by atoms with E-state index in [1.165, 1.54) is 0 Å². The Kier molecular flexibility index (Phi) is 6.02. The smallest absolute Gasteiger partial charge is 0.323 e. The minimum absolute atomic E-state index is 0.180. The van der Waals surface area contributed by atoms with Gasteiger partial charge in [-0.15, -0.1) is 0 Å². The summed E-state index contributed by atoms with van der Waals surface area (Å²) in [7, 11) is 0. The Hall–Kier alpha value is -3.91. The molecule has 0 aliphatic carbocycles. The van der Waals surface area contributed by atoms with Crippen LogP contribution in [0.1, 0.15) is 26.6 Å². The first-order valence-electron chi connectivity index (χ1n) is 10.3. The number of carbonyl (C=O) groups is 1. The van der Waals surface area contributed by atoms with Crippen LogP contribution in [0.5, 0.6) is 0 Å². The van der Waals surface area contributed by atoms with Crippen LogP contribution < -0.4 is 16.4 Å². The maximum Gasteiger partial charge on any atom is 0.323 e. The second-order valence-electron chi connectivity index (χ2n) is 8.53. The molecule has 2 aromatic carbocycles. The monoisotopic (exact) mass is 461 g/mol. The molecule has 4 aromatic rings. The third-order valence-corrected chi connectivity index (χ3v) is 5.09. The number of aromatic nitrogens is 4. The fraction of sp³-hybridized carbons (Fsp3) is 0.167. The maximum atomic E-state index is 12.5. The van der Waals surface area contributed by atoms with Crippen molar-refractivity contribution in [3.63, 3.8) is 0 Å². The van der Waals surface area contributed by atoms with E-state index in [2.05, 4.69) is 46.4 Å². The van der Waals surface area contributed by atoms with E-state index in [9.17, 15) is 4.79 Å². The first-order valence-corrected chi connectivity index (χ1v) is 10.7. The van der Waals surface area contributed by atoms with Crippen molar-refractivity contribution < 1.29 is 4.79 Å². The minimum atomic E-state index is -0.365. The molecule has 0 saturated carbocycles. The summed E-state index contributed by atoms with van der Waals surface area (Å²) in [5, 5.41) is 6.24. The van der Waals surface area contributed by atoms with Crippen LogP contribution in [0.15, 0.2) is 60.8 Å². The number of amides is 2. The van der Waals surface area contributed by atoms with Gasteiger partial charge in [-0.25, -0.2) is 19.7 Å². The number of aromatic amines is 1. The molecule has 168 valence electrons. The summed E-state index contributed by atoms with van der Waals surface area (Å²) in [4.78, 5) is 29.1. The number of benzene rings is 2. The molecule has 2 amide bonds. The summed E-state index contributed by atoms with van der Waals surface area (Å²) in [6, 6.07) is 15.8. The summed E-state index contributed by atoms with van der Waals surface area (Å²) in [6.45, 7) is 6.23. The molecule has 0 aliphatic heterocycles. The standard InChI is InChI=1S/C24H24ClN7O/c1-24(2,3)21-31-19(20(32-21)18-11-12-27-22(26)30-18)14-5-4-6-17(13-14)29-23(33)28-16-9-7-15(25)8-10-16/h4-13H,1-3H3,(H,31,32)(H2,26,27,30)(H2,28,29,33). The fourth-order valence-electron chi connectivity index (χ4n) is 3.21. The Balaban J connectivity index is 1.65. The number of rotatable bonds is 4. The van der Waals surface area contributed by atoms with Crippen molar-refractivity contribution in [3.05, 3.63) is 71.6 Å². The van der Waals surface area contributed by atoms with Gasteiger partial charge in [0.05, 0.1) is 17.1 Å². The molecule has 2 heterocycles.